The van der Waals surface area contributed by atoms with Gasteiger partial charge < -0.3 is 19.9 Å². The number of carbonyl (C=O) groups is 1. The van der Waals surface area contributed by atoms with Gasteiger partial charge in [-0.2, -0.15) is 0 Å². The summed E-state index contributed by atoms with van der Waals surface area (Å²) < 4.78 is 5.41. The normalized spacial score (nSPS) is 14.3. The van der Waals surface area contributed by atoms with Crippen molar-refractivity contribution < 1.29 is 9.53 Å². The third-order valence-corrected chi connectivity index (χ3v) is 4.08. The molecule has 132 valence electrons. The average Bonchev–Trinajstić information content (AvgIpc) is 2.68. The van der Waals surface area contributed by atoms with Crippen molar-refractivity contribution >= 4 is 17.5 Å². The van der Waals surface area contributed by atoms with Crippen LogP contribution in [0.2, 0.25) is 0 Å². The smallest absolute Gasteiger partial charge is 0.241 e. The number of nitrogens with one attached hydrogen (secondary N) is 1. The highest BCUT2D eigenvalue weighted by atomic mass is 16.5. The number of carbonyl (C=O) groups excluding carboxylic acids is 1. The number of nitrogens with zero attached hydrogens (tertiary/aromatic N) is 4. The van der Waals surface area contributed by atoms with Crippen molar-refractivity contribution in [2.75, 3.05) is 49.5 Å². The Labute approximate surface area is 147 Å². The molecule has 0 atom stereocenters. The van der Waals surface area contributed by atoms with E-state index in [-0.39, 0.29) is 12.5 Å². The number of benzene rings is 1. The van der Waals surface area contributed by atoms with Gasteiger partial charge in [-0.3, -0.25) is 4.79 Å². The number of hydrogen-bond acceptors (Lipinski definition) is 6. The van der Waals surface area contributed by atoms with E-state index in [0.29, 0.717) is 19.7 Å². The van der Waals surface area contributed by atoms with E-state index in [9.17, 15) is 4.79 Å². The molecule has 1 amide bonds. The van der Waals surface area contributed by atoms with Crippen molar-refractivity contribution in [3.05, 3.63) is 42.7 Å². The highest BCUT2D eigenvalue weighted by molar-refractivity contribution is 5.81. The minimum absolute atomic E-state index is 0.0996. The van der Waals surface area contributed by atoms with E-state index < -0.39 is 0 Å². The quantitative estimate of drug-likeness (QED) is 0.861. The molecule has 2 heterocycles. The summed E-state index contributed by atoms with van der Waals surface area (Å²) in [4.78, 5) is 24.9. The van der Waals surface area contributed by atoms with E-state index in [1.165, 1.54) is 0 Å². The van der Waals surface area contributed by atoms with Gasteiger partial charge in [-0.25, -0.2) is 9.97 Å². The minimum Gasteiger partial charge on any atom is -0.494 e. The van der Waals surface area contributed by atoms with Crippen LogP contribution < -0.4 is 15.0 Å². The van der Waals surface area contributed by atoms with Crippen LogP contribution in [0.4, 0.5) is 11.6 Å². The molecule has 7 nitrogen and oxygen atoms in total. The third-order valence-electron chi connectivity index (χ3n) is 4.08. The SMILES string of the molecule is CCOc1ccc(NCC(=O)N2CCN(c3ncccn3)CC2)cc1. The van der Waals surface area contributed by atoms with E-state index in [2.05, 4.69) is 20.2 Å². The fourth-order valence-electron chi connectivity index (χ4n) is 2.74. The highest BCUT2D eigenvalue weighted by Gasteiger charge is 2.22. The zero-order chi connectivity index (χ0) is 17.5. The Bertz CT molecular complexity index is 670. The van der Waals surface area contributed by atoms with Crippen molar-refractivity contribution in [3.63, 3.8) is 0 Å². The number of ether oxygens (including phenoxy) is 1. The Kier molecular flexibility index (Phi) is 5.66. The predicted molar refractivity (Wildman–Crippen MR) is 96.9 cm³/mol. The maximum atomic E-state index is 12.4. The molecule has 0 aliphatic carbocycles. The molecular weight excluding hydrogens is 318 g/mol. The first-order chi connectivity index (χ1) is 12.3. The highest BCUT2D eigenvalue weighted by Crippen LogP contribution is 2.15. The van der Waals surface area contributed by atoms with Crippen LogP contribution in [0, 0.1) is 0 Å². The zero-order valence-electron chi connectivity index (χ0n) is 14.4. The first-order valence-corrected chi connectivity index (χ1v) is 8.52. The van der Waals surface area contributed by atoms with Gasteiger partial charge in [0.2, 0.25) is 11.9 Å². The van der Waals surface area contributed by atoms with Gasteiger partial charge in [-0.15, -0.1) is 0 Å². The number of hydrogen-bond donors (Lipinski definition) is 1. The predicted octanol–water partition coefficient (Wildman–Crippen LogP) is 1.64. The summed E-state index contributed by atoms with van der Waals surface area (Å²) in [6, 6.07) is 9.44. The van der Waals surface area contributed by atoms with Crippen molar-refractivity contribution in [2.45, 2.75) is 6.92 Å². The van der Waals surface area contributed by atoms with E-state index >= 15 is 0 Å². The third kappa shape index (κ3) is 4.59. The molecule has 0 spiro atoms. The minimum atomic E-state index is 0.0996. The van der Waals surface area contributed by atoms with Crippen LogP contribution in [0.15, 0.2) is 42.7 Å². The van der Waals surface area contributed by atoms with Gasteiger partial charge in [-0.1, -0.05) is 0 Å². The summed E-state index contributed by atoms with van der Waals surface area (Å²) >= 11 is 0. The van der Waals surface area contributed by atoms with E-state index in [1.807, 2.05) is 36.1 Å². The molecule has 1 aromatic carbocycles. The monoisotopic (exact) mass is 341 g/mol. The second-order valence-corrected chi connectivity index (χ2v) is 5.73. The summed E-state index contributed by atoms with van der Waals surface area (Å²) in [6.07, 6.45) is 3.47. The van der Waals surface area contributed by atoms with Gasteiger partial charge in [0, 0.05) is 44.3 Å². The van der Waals surface area contributed by atoms with Gasteiger partial charge in [0.05, 0.1) is 13.2 Å². The summed E-state index contributed by atoms with van der Waals surface area (Å²) in [5.74, 6) is 1.66. The van der Waals surface area contributed by atoms with Crippen molar-refractivity contribution in [1.29, 1.82) is 0 Å². The molecule has 1 fully saturated rings. The fourth-order valence-corrected chi connectivity index (χ4v) is 2.74. The van der Waals surface area contributed by atoms with Crippen LogP contribution in [0.25, 0.3) is 0 Å². The maximum absolute atomic E-state index is 12.4. The number of anilines is 2. The lowest BCUT2D eigenvalue weighted by molar-refractivity contribution is -0.129. The lowest BCUT2D eigenvalue weighted by Gasteiger charge is -2.34. The van der Waals surface area contributed by atoms with Crippen LogP contribution in [-0.4, -0.2) is 60.1 Å². The first-order valence-electron chi connectivity index (χ1n) is 8.52. The van der Waals surface area contributed by atoms with E-state index in [4.69, 9.17) is 4.74 Å². The molecule has 1 aromatic heterocycles. The van der Waals surface area contributed by atoms with Crippen LogP contribution in [-0.2, 0) is 4.79 Å². The zero-order valence-corrected chi connectivity index (χ0v) is 14.4. The van der Waals surface area contributed by atoms with Crippen LogP contribution >= 0.6 is 0 Å². The van der Waals surface area contributed by atoms with Crippen LogP contribution in [0.5, 0.6) is 5.75 Å². The number of amides is 1. The molecule has 0 bridgehead atoms. The number of aromatic nitrogens is 2. The Morgan fingerprint density at radius 3 is 2.44 bits per heavy atom. The summed E-state index contributed by atoms with van der Waals surface area (Å²) in [7, 11) is 0. The molecule has 2 aromatic rings. The fraction of sp³-hybridized carbons (Fsp3) is 0.389. The second kappa shape index (κ2) is 8.32. The summed E-state index contributed by atoms with van der Waals surface area (Å²) in [5.41, 5.74) is 0.910. The van der Waals surface area contributed by atoms with Crippen LogP contribution in [0.1, 0.15) is 6.92 Å². The molecule has 0 unspecified atom stereocenters. The van der Waals surface area contributed by atoms with Gasteiger partial charge in [-0.05, 0) is 37.3 Å². The first kappa shape index (κ1) is 17.0. The second-order valence-electron chi connectivity index (χ2n) is 5.73. The summed E-state index contributed by atoms with van der Waals surface area (Å²) in [6.45, 7) is 5.75. The van der Waals surface area contributed by atoms with Gasteiger partial charge in [0.1, 0.15) is 5.75 Å². The molecule has 7 heteroatoms. The van der Waals surface area contributed by atoms with Crippen LogP contribution in [0.3, 0.4) is 0 Å². The molecular formula is C18H23N5O2. The molecule has 3 rings (SSSR count). The largest absolute Gasteiger partial charge is 0.494 e. The van der Waals surface area contributed by atoms with Gasteiger partial charge >= 0.3 is 0 Å². The van der Waals surface area contributed by atoms with E-state index in [1.54, 1.807) is 18.5 Å². The topological polar surface area (TPSA) is 70.6 Å². The molecule has 1 aliphatic rings. The lowest BCUT2D eigenvalue weighted by Crippen LogP contribution is -2.50. The average molecular weight is 341 g/mol. The summed E-state index contributed by atoms with van der Waals surface area (Å²) in [5, 5.41) is 3.17. The molecule has 0 radical (unpaired) electrons. The Hall–Kier alpha value is -2.83. The maximum Gasteiger partial charge on any atom is 0.241 e. The van der Waals surface area contributed by atoms with Gasteiger partial charge in [0.25, 0.3) is 0 Å². The molecule has 25 heavy (non-hydrogen) atoms. The standard InChI is InChI=1S/C18H23N5O2/c1-2-25-16-6-4-15(5-7-16)21-14-17(24)22-10-12-23(13-11-22)18-19-8-3-9-20-18/h3-9,21H,2,10-14H2,1H3. The van der Waals surface area contributed by atoms with Gasteiger partial charge in [0.15, 0.2) is 0 Å². The van der Waals surface area contributed by atoms with Crippen molar-refractivity contribution in [2.24, 2.45) is 0 Å². The van der Waals surface area contributed by atoms with Crippen molar-refractivity contribution in [1.82, 2.24) is 14.9 Å². The molecule has 1 aliphatic heterocycles. The number of piperazine rings is 1. The molecule has 1 N–H and O–H groups in total. The van der Waals surface area contributed by atoms with E-state index in [0.717, 1.165) is 30.5 Å². The molecule has 1 saturated heterocycles. The Morgan fingerprint density at radius 2 is 1.80 bits per heavy atom. The molecule has 0 saturated carbocycles. The Morgan fingerprint density at radius 1 is 1.12 bits per heavy atom. The van der Waals surface area contributed by atoms with Crippen molar-refractivity contribution in [3.8, 4) is 5.75 Å². The lowest BCUT2D eigenvalue weighted by atomic mass is 10.3. The number of rotatable bonds is 6. The Balaban J connectivity index is 1.45.